The van der Waals surface area contributed by atoms with E-state index in [1.807, 2.05) is 0 Å². The molecule has 1 rings (SSSR count). The highest BCUT2D eigenvalue weighted by molar-refractivity contribution is 4.86. The lowest BCUT2D eigenvalue weighted by atomic mass is 9.82. The molecule has 2 unspecified atom stereocenters. The Hall–Kier alpha value is -0.120. The Bertz CT molecular complexity index is 229. The fraction of sp³-hybridized carbons (Fsp3) is 1.00. The Morgan fingerprint density at radius 3 is 2.28 bits per heavy atom. The van der Waals surface area contributed by atoms with Crippen LogP contribution >= 0.6 is 0 Å². The van der Waals surface area contributed by atoms with E-state index in [2.05, 4.69) is 45.0 Å². The molecule has 1 aliphatic rings. The summed E-state index contributed by atoms with van der Waals surface area (Å²) in [6.07, 6.45) is 3.43. The summed E-state index contributed by atoms with van der Waals surface area (Å²) in [6, 6.07) is 0.951. The molecule has 0 radical (unpaired) electrons. The number of piperidine rings is 1. The summed E-state index contributed by atoms with van der Waals surface area (Å²) in [5.41, 5.74) is 0.211. The largest absolute Gasteiger partial charge is 0.396 e. The second kappa shape index (κ2) is 6.88. The molecule has 0 spiro atoms. The SMILES string of the molecule is CC(NC(CCO)C(C)(C)C)C1CCN(C)CC1. The van der Waals surface area contributed by atoms with Gasteiger partial charge in [0.25, 0.3) is 0 Å². The summed E-state index contributed by atoms with van der Waals surface area (Å²) in [4.78, 5) is 2.41. The van der Waals surface area contributed by atoms with Gasteiger partial charge in [-0.05, 0) is 57.7 Å². The quantitative estimate of drug-likeness (QED) is 0.791. The average molecular weight is 256 g/mol. The Balaban J connectivity index is 2.48. The molecule has 0 saturated carbocycles. The van der Waals surface area contributed by atoms with Gasteiger partial charge in [0.2, 0.25) is 0 Å². The van der Waals surface area contributed by atoms with Crippen LogP contribution in [-0.2, 0) is 0 Å². The zero-order valence-electron chi connectivity index (χ0n) is 12.9. The van der Waals surface area contributed by atoms with Gasteiger partial charge in [0, 0.05) is 18.7 Å². The van der Waals surface area contributed by atoms with E-state index in [-0.39, 0.29) is 12.0 Å². The molecule has 0 aromatic heterocycles. The smallest absolute Gasteiger partial charge is 0.0446 e. The van der Waals surface area contributed by atoms with Gasteiger partial charge in [0.05, 0.1) is 0 Å². The van der Waals surface area contributed by atoms with Gasteiger partial charge < -0.3 is 15.3 Å². The van der Waals surface area contributed by atoms with Gasteiger partial charge in [-0.15, -0.1) is 0 Å². The highest BCUT2D eigenvalue weighted by Crippen LogP contribution is 2.25. The molecule has 1 aliphatic heterocycles. The van der Waals surface area contributed by atoms with E-state index in [1.165, 1.54) is 25.9 Å². The second-order valence-corrected chi connectivity index (χ2v) is 7.03. The van der Waals surface area contributed by atoms with E-state index in [9.17, 15) is 5.11 Å². The van der Waals surface area contributed by atoms with Gasteiger partial charge in [0.15, 0.2) is 0 Å². The molecule has 108 valence electrons. The maximum absolute atomic E-state index is 9.21. The zero-order chi connectivity index (χ0) is 13.8. The molecule has 2 N–H and O–H groups in total. The van der Waals surface area contributed by atoms with Crippen LogP contribution in [-0.4, -0.2) is 48.8 Å². The average Bonchev–Trinajstić information content (AvgIpc) is 2.28. The fourth-order valence-corrected chi connectivity index (χ4v) is 2.88. The van der Waals surface area contributed by atoms with Crippen molar-refractivity contribution < 1.29 is 5.11 Å². The Labute approximate surface area is 113 Å². The number of hydrogen-bond acceptors (Lipinski definition) is 3. The van der Waals surface area contributed by atoms with Crippen LogP contribution < -0.4 is 5.32 Å². The first kappa shape index (κ1) is 15.9. The molecule has 0 amide bonds. The minimum absolute atomic E-state index is 0.211. The van der Waals surface area contributed by atoms with Crippen LogP contribution in [0.25, 0.3) is 0 Å². The lowest BCUT2D eigenvalue weighted by molar-refractivity contribution is 0.145. The third-order valence-electron chi connectivity index (χ3n) is 4.40. The summed E-state index contributed by atoms with van der Waals surface area (Å²) in [5.74, 6) is 0.782. The molecule has 3 heteroatoms. The minimum Gasteiger partial charge on any atom is -0.396 e. The van der Waals surface area contributed by atoms with Crippen molar-refractivity contribution in [1.29, 1.82) is 0 Å². The Morgan fingerprint density at radius 1 is 1.28 bits per heavy atom. The predicted octanol–water partition coefficient (Wildman–Crippen LogP) is 2.10. The van der Waals surface area contributed by atoms with Crippen molar-refractivity contribution >= 4 is 0 Å². The lowest BCUT2D eigenvalue weighted by Gasteiger charge is -2.39. The maximum Gasteiger partial charge on any atom is 0.0446 e. The van der Waals surface area contributed by atoms with Crippen LogP contribution in [0.15, 0.2) is 0 Å². The molecular weight excluding hydrogens is 224 g/mol. The van der Waals surface area contributed by atoms with E-state index >= 15 is 0 Å². The van der Waals surface area contributed by atoms with Crippen LogP contribution in [0, 0.1) is 11.3 Å². The summed E-state index contributed by atoms with van der Waals surface area (Å²) in [7, 11) is 2.21. The molecule has 2 atom stereocenters. The third-order valence-corrected chi connectivity index (χ3v) is 4.40. The molecule has 1 saturated heterocycles. The first-order chi connectivity index (χ1) is 8.34. The summed E-state index contributed by atoms with van der Waals surface area (Å²) >= 11 is 0. The molecule has 18 heavy (non-hydrogen) atoms. The zero-order valence-corrected chi connectivity index (χ0v) is 12.9. The van der Waals surface area contributed by atoms with E-state index in [0.717, 1.165) is 12.3 Å². The lowest BCUT2D eigenvalue weighted by Crippen LogP contribution is -2.49. The van der Waals surface area contributed by atoms with Crippen LogP contribution in [0.1, 0.15) is 47.0 Å². The Morgan fingerprint density at radius 2 is 1.83 bits per heavy atom. The molecule has 3 nitrogen and oxygen atoms in total. The number of aliphatic hydroxyl groups excluding tert-OH is 1. The van der Waals surface area contributed by atoms with Crippen LogP contribution in [0.4, 0.5) is 0 Å². The standard InChI is InChI=1S/C15H32N2O/c1-12(13-6-9-17(5)10-7-13)16-14(8-11-18)15(2,3)4/h12-14,16,18H,6-11H2,1-5H3. The van der Waals surface area contributed by atoms with Gasteiger partial charge in [-0.2, -0.15) is 0 Å². The second-order valence-electron chi connectivity index (χ2n) is 7.03. The normalized spacial score (nSPS) is 23.0. The van der Waals surface area contributed by atoms with E-state index < -0.39 is 0 Å². The van der Waals surface area contributed by atoms with Crippen molar-refractivity contribution in [3.63, 3.8) is 0 Å². The maximum atomic E-state index is 9.21. The van der Waals surface area contributed by atoms with Gasteiger partial charge in [-0.25, -0.2) is 0 Å². The monoisotopic (exact) mass is 256 g/mol. The predicted molar refractivity (Wildman–Crippen MR) is 77.8 cm³/mol. The van der Waals surface area contributed by atoms with Crippen molar-refractivity contribution in [3.8, 4) is 0 Å². The summed E-state index contributed by atoms with van der Waals surface area (Å²) < 4.78 is 0. The van der Waals surface area contributed by atoms with E-state index in [1.54, 1.807) is 0 Å². The fourth-order valence-electron chi connectivity index (χ4n) is 2.88. The molecule has 0 aliphatic carbocycles. The first-order valence-electron chi connectivity index (χ1n) is 7.40. The number of rotatable bonds is 5. The summed E-state index contributed by atoms with van der Waals surface area (Å²) in [6.45, 7) is 11.8. The molecule has 1 heterocycles. The first-order valence-corrected chi connectivity index (χ1v) is 7.40. The van der Waals surface area contributed by atoms with Crippen LogP contribution in [0.3, 0.4) is 0 Å². The summed E-state index contributed by atoms with van der Waals surface area (Å²) in [5, 5.41) is 13.0. The van der Waals surface area contributed by atoms with Crippen molar-refractivity contribution in [2.24, 2.45) is 11.3 Å². The van der Waals surface area contributed by atoms with Gasteiger partial charge in [0.1, 0.15) is 0 Å². The number of nitrogens with one attached hydrogen (secondary N) is 1. The molecule has 1 fully saturated rings. The van der Waals surface area contributed by atoms with Crippen LogP contribution in [0.2, 0.25) is 0 Å². The highest BCUT2D eigenvalue weighted by Gasteiger charge is 2.29. The number of nitrogens with zero attached hydrogens (tertiary/aromatic N) is 1. The molecule has 0 bridgehead atoms. The Kier molecular flexibility index (Phi) is 6.09. The van der Waals surface area contributed by atoms with Gasteiger partial charge >= 0.3 is 0 Å². The van der Waals surface area contributed by atoms with Crippen molar-refractivity contribution in [3.05, 3.63) is 0 Å². The minimum atomic E-state index is 0.211. The molecule has 0 aromatic carbocycles. The van der Waals surface area contributed by atoms with Crippen molar-refractivity contribution in [1.82, 2.24) is 10.2 Å². The number of hydrogen-bond donors (Lipinski definition) is 2. The van der Waals surface area contributed by atoms with E-state index in [0.29, 0.717) is 12.1 Å². The number of likely N-dealkylation sites (tertiary alicyclic amines) is 1. The highest BCUT2D eigenvalue weighted by atomic mass is 16.3. The molecular formula is C15H32N2O. The van der Waals surface area contributed by atoms with Gasteiger partial charge in [-0.1, -0.05) is 20.8 Å². The van der Waals surface area contributed by atoms with Crippen molar-refractivity contribution in [2.45, 2.75) is 59.0 Å². The third kappa shape index (κ3) is 4.87. The van der Waals surface area contributed by atoms with Crippen LogP contribution in [0.5, 0.6) is 0 Å². The number of aliphatic hydroxyl groups is 1. The van der Waals surface area contributed by atoms with Crippen molar-refractivity contribution in [2.75, 3.05) is 26.7 Å². The molecule has 0 aromatic rings. The van der Waals surface area contributed by atoms with Gasteiger partial charge in [-0.3, -0.25) is 0 Å². The van der Waals surface area contributed by atoms with E-state index in [4.69, 9.17) is 0 Å². The topological polar surface area (TPSA) is 35.5 Å².